The minimum absolute atomic E-state index is 0.0976. The van der Waals surface area contributed by atoms with Crippen molar-refractivity contribution in [2.24, 2.45) is 5.92 Å². The number of methoxy groups -OCH3 is 1. The molecular weight excluding hydrogens is 330 g/mol. The van der Waals surface area contributed by atoms with Gasteiger partial charge in [-0.05, 0) is 24.3 Å². The molecule has 140 valence electrons. The molecule has 2 aromatic rings. The van der Waals surface area contributed by atoms with Crippen molar-refractivity contribution in [3.8, 4) is 0 Å². The highest BCUT2D eigenvalue weighted by molar-refractivity contribution is 5.83. The number of carbonyl (C=O) groups is 1. The molecule has 0 spiro atoms. The van der Waals surface area contributed by atoms with Crippen molar-refractivity contribution in [1.29, 1.82) is 0 Å². The van der Waals surface area contributed by atoms with E-state index in [1.807, 2.05) is 25.2 Å². The first-order valence-electron chi connectivity index (χ1n) is 9.29. The summed E-state index contributed by atoms with van der Waals surface area (Å²) in [6.45, 7) is 0.875. The molecule has 1 saturated carbocycles. The van der Waals surface area contributed by atoms with Crippen LogP contribution in [0.25, 0.3) is 0 Å². The Labute approximate surface area is 154 Å². The highest BCUT2D eigenvalue weighted by Gasteiger charge is 2.34. The van der Waals surface area contributed by atoms with Gasteiger partial charge >= 0.3 is 0 Å². The van der Waals surface area contributed by atoms with Crippen LogP contribution in [0.15, 0.2) is 34.9 Å². The predicted octanol–water partition coefficient (Wildman–Crippen LogP) is 3.19. The van der Waals surface area contributed by atoms with Crippen LogP contribution in [0.3, 0.4) is 0 Å². The molecule has 3 rings (SSSR count). The molecule has 1 aliphatic rings. The maximum absolute atomic E-state index is 13.2. The van der Waals surface area contributed by atoms with Gasteiger partial charge in [-0.1, -0.05) is 48.3 Å². The summed E-state index contributed by atoms with van der Waals surface area (Å²) in [5.74, 6) is 1.51. The molecule has 0 N–H and O–H groups in total. The van der Waals surface area contributed by atoms with Gasteiger partial charge in [0.25, 0.3) is 0 Å². The monoisotopic (exact) mass is 357 g/mol. The van der Waals surface area contributed by atoms with E-state index in [-0.39, 0.29) is 11.8 Å². The Morgan fingerprint density at radius 1 is 1.31 bits per heavy atom. The number of aromatic nitrogens is 2. The highest BCUT2D eigenvalue weighted by atomic mass is 16.5. The largest absolute Gasteiger partial charge is 0.384 e. The van der Waals surface area contributed by atoms with E-state index in [1.54, 1.807) is 12.0 Å². The molecule has 1 aromatic carbocycles. The maximum Gasteiger partial charge on any atom is 0.246 e. The molecule has 1 atom stereocenters. The summed E-state index contributed by atoms with van der Waals surface area (Å²) in [7, 11) is 3.45. The first-order valence-corrected chi connectivity index (χ1v) is 9.29. The van der Waals surface area contributed by atoms with Crippen LogP contribution >= 0.6 is 0 Å². The van der Waals surface area contributed by atoms with Gasteiger partial charge in [-0.25, -0.2) is 0 Å². The molecule has 6 heteroatoms. The summed E-state index contributed by atoms with van der Waals surface area (Å²) in [4.78, 5) is 19.3. The summed E-state index contributed by atoms with van der Waals surface area (Å²) in [5, 5.41) is 3.94. The van der Waals surface area contributed by atoms with E-state index in [0.29, 0.717) is 37.2 Å². The fourth-order valence-electron chi connectivity index (χ4n) is 3.73. The molecule has 0 bridgehead atoms. The number of rotatable bonds is 8. The number of likely N-dealkylation sites (N-methyl/N-ethyl adjacent to an activating group) is 1. The molecule has 0 unspecified atom stereocenters. The fraction of sp³-hybridized carbons (Fsp3) is 0.550. The number of benzene rings is 1. The second-order valence-electron chi connectivity index (χ2n) is 6.97. The van der Waals surface area contributed by atoms with E-state index < -0.39 is 0 Å². The molecule has 0 saturated heterocycles. The first kappa shape index (κ1) is 18.6. The third-order valence-electron chi connectivity index (χ3n) is 5.08. The Morgan fingerprint density at radius 3 is 2.73 bits per heavy atom. The molecule has 1 amide bonds. The van der Waals surface area contributed by atoms with Crippen LogP contribution in [-0.4, -0.2) is 41.7 Å². The Bertz CT molecular complexity index is 695. The lowest BCUT2D eigenvalue weighted by Gasteiger charge is -2.27. The zero-order valence-electron chi connectivity index (χ0n) is 15.6. The maximum atomic E-state index is 13.2. The highest BCUT2D eigenvalue weighted by Crippen LogP contribution is 2.38. The van der Waals surface area contributed by atoms with Gasteiger partial charge < -0.3 is 14.2 Å². The third kappa shape index (κ3) is 4.49. The lowest BCUT2D eigenvalue weighted by Crippen LogP contribution is -2.34. The van der Waals surface area contributed by atoms with Gasteiger partial charge in [-0.15, -0.1) is 0 Å². The van der Waals surface area contributed by atoms with Gasteiger partial charge in [0.15, 0.2) is 5.82 Å². The van der Waals surface area contributed by atoms with Gasteiger partial charge in [0.05, 0.1) is 19.1 Å². The summed E-state index contributed by atoms with van der Waals surface area (Å²) in [5.41, 5.74) is 1.10. The molecule has 26 heavy (non-hydrogen) atoms. The minimum atomic E-state index is -0.0976. The average Bonchev–Trinajstić information content (AvgIpc) is 3.33. The zero-order valence-corrected chi connectivity index (χ0v) is 15.6. The molecule has 1 fully saturated rings. The Kier molecular flexibility index (Phi) is 6.39. The molecular formula is C20H27N3O3. The Morgan fingerprint density at radius 2 is 2.04 bits per heavy atom. The molecule has 6 nitrogen and oxygen atoms in total. The standard InChI is InChI=1S/C20H27N3O3/c1-23(14-18-21-17(22-26-18)12-13-25-2)20(24)19(16-10-6-7-11-16)15-8-4-3-5-9-15/h3-5,8-9,16,19H,6-7,10-14H2,1-2H3/t19-/m0/s1. The van der Waals surface area contributed by atoms with Gasteiger partial charge in [-0.2, -0.15) is 4.98 Å². The molecule has 0 radical (unpaired) electrons. The number of ether oxygens (including phenoxy) is 1. The van der Waals surface area contributed by atoms with Crippen LogP contribution in [-0.2, 0) is 22.5 Å². The van der Waals surface area contributed by atoms with Crippen LogP contribution < -0.4 is 0 Å². The summed E-state index contributed by atoms with van der Waals surface area (Å²) in [6.07, 6.45) is 5.24. The van der Waals surface area contributed by atoms with Crippen molar-refractivity contribution in [2.75, 3.05) is 20.8 Å². The fourth-order valence-corrected chi connectivity index (χ4v) is 3.73. The molecule has 1 heterocycles. The van der Waals surface area contributed by atoms with Gasteiger partial charge in [0, 0.05) is 20.6 Å². The van der Waals surface area contributed by atoms with E-state index in [2.05, 4.69) is 22.3 Å². The molecule has 1 aliphatic carbocycles. The Hall–Kier alpha value is -2.21. The van der Waals surface area contributed by atoms with Crippen molar-refractivity contribution in [3.63, 3.8) is 0 Å². The van der Waals surface area contributed by atoms with Gasteiger partial charge in [0.2, 0.25) is 11.8 Å². The van der Waals surface area contributed by atoms with Crippen LogP contribution in [0.5, 0.6) is 0 Å². The van der Waals surface area contributed by atoms with E-state index in [9.17, 15) is 4.79 Å². The van der Waals surface area contributed by atoms with Crippen molar-refractivity contribution in [2.45, 2.75) is 44.6 Å². The quantitative estimate of drug-likeness (QED) is 0.726. The third-order valence-corrected chi connectivity index (χ3v) is 5.08. The van der Waals surface area contributed by atoms with E-state index in [4.69, 9.17) is 9.26 Å². The van der Waals surface area contributed by atoms with E-state index >= 15 is 0 Å². The lowest BCUT2D eigenvalue weighted by atomic mass is 9.84. The van der Waals surface area contributed by atoms with Crippen molar-refractivity contribution in [3.05, 3.63) is 47.6 Å². The predicted molar refractivity (Wildman–Crippen MR) is 97.5 cm³/mol. The number of amides is 1. The van der Waals surface area contributed by atoms with Crippen LogP contribution in [0.2, 0.25) is 0 Å². The number of nitrogens with zero attached hydrogens (tertiary/aromatic N) is 3. The van der Waals surface area contributed by atoms with E-state index in [0.717, 1.165) is 18.4 Å². The van der Waals surface area contributed by atoms with Gasteiger partial charge in [0.1, 0.15) is 0 Å². The first-order chi connectivity index (χ1) is 12.7. The SMILES string of the molecule is COCCc1noc(CN(C)C(=O)[C@@H](c2ccccc2)C2CCCC2)n1. The average molecular weight is 357 g/mol. The normalized spacial score (nSPS) is 15.9. The van der Waals surface area contributed by atoms with E-state index in [1.165, 1.54) is 12.8 Å². The zero-order chi connectivity index (χ0) is 18.4. The summed E-state index contributed by atoms with van der Waals surface area (Å²) < 4.78 is 10.3. The number of hydrogen-bond donors (Lipinski definition) is 0. The van der Waals surface area contributed by atoms with Crippen molar-refractivity contribution in [1.82, 2.24) is 15.0 Å². The van der Waals surface area contributed by atoms with Crippen molar-refractivity contribution < 1.29 is 14.1 Å². The van der Waals surface area contributed by atoms with Crippen LogP contribution in [0.1, 0.15) is 48.9 Å². The summed E-state index contributed by atoms with van der Waals surface area (Å²) in [6, 6.07) is 10.1. The smallest absolute Gasteiger partial charge is 0.246 e. The van der Waals surface area contributed by atoms with Crippen LogP contribution in [0, 0.1) is 5.92 Å². The molecule has 0 aliphatic heterocycles. The summed E-state index contributed by atoms with van der Waals surface area (Å²) >= 11 is 0. The van der Waals surface area contributed by atoms with Crippen LogP contribution in [0.4, 0.5) is 0 Å². The number of hydrogen-bond acceptors (Lipinski definition) is 5. The second kappa shape index (κ2) is 8.94. The topological polar surface area (TPSA) is 68.5 Å². The Balaban J connectivity index is 1.70. The second-order valence-corrected chi connectivity index (χ2v) is 6.97. The van der Waals surface area contributed by atoms with Gasteiger partial charge in [-0.3, -0.25) is 4.79 Å². The lowest BCUT2D eigenvalue weighted by molar-refractivity contribution is -0.133. The number of carbonyl (C=O) groups excluding carboxylic acids is 1. The van der Waals surface area contributed by atoms with Crippen molar-refractivity contribution >= 4 is 5.91 Å². The minimum Gasteiger partial charge on any atom is -0.384 e. The molecule has 1 aromatic heterocycles.